The van der Waals surface area contributed by atoms with Crippen LogP contribution in [0.3, 0.4) is 0 Å². The Bertz CT molecular complexity index is 739. The highest BCUT2D eigenvalue weighted by molar-refractivity contribution is 7.89. The van der Waals surface area contributed by atoms with Crippen LogP contribution in [0.4, 0.5) is 0 Å². The number of nitrogens with one attached hydrogen (secondary N) is 1. The summed E-state index contributed by atoms with van der Waals surface area (Å²) < 4.78 is 34.6. The monoisotopic (exact) mass is 314 g/mol. The largest absolute Gasteiger partial charge is 0.548 e. The van der Waals surface area contributed by atoms with E-state index in [0.29, 0.717) is 5.52 Å². The second-order valence-electron chi connectivity index (χ2n) is 4.55. The molecule has 0 saturated carbocycles. The Morgan fingerprint density at radius 3 is 2.65 bits per heavy atom. The molecule has 1 atom stereocenters. The molecule has 1 aromatic heterocycles. The molecule has 108 valence electrons. The molecule has 0 amide bonds. The number of aromatic nitrogens is 2. The number of aliphatic carboxylic acids is 1. The number of nitrogens with zero attached hydrogens (tertiary/aromatic N) is 2. The molecular formula is C11H12N3O4S2-. The number of carboxylic acids is 1. The van der Waals surface area contributed by atoms with Gasteiger partial charge in [0.05, 0.1) is 23.7 Å². The van der Waals surface area contributed by atoms with Crippen LogP contribution in [0.25, 0.3) is 11.0 Å². The summed E-state index contributed by atoms with van der Waals surface area (Å²) in [7, 11) is -4.01. The van der Waals surface area contributed by atoms with Crippen molar-refractivity contribution in [1.29, 1.82) is 0 Å². The average molecular weight is 314 g/mol. The van der Waals surface area contributed by atoms with E-state index in [9.17, 15) is 18.3 Å². The highest BCUT2D eigenvalue weighted by Crippen LogP contribution is 2.21. The minimum Gasteiger partial charge on any atom is -0.548 e. The van der Waals surface area contributed by atoms with Crippen LogP contribution in [0.15, 0.2) is 23.1 Å². The number of rotatable bonds is 5. The van der Waals surface area contributed by atoms with Crippen LogP contribution in [0, 0.1) is 5.92 Å². The predicted octanol–water partition coefficient (Wildman–Crippen LogP) is -0.256. The molecule has 0 spiro atoms. The van der Waals surface area contributed by atoms with E-state index in [2.05, 4.69) is 13.5 Å². The van der Waals surface area contributed by atoms with Gasteiger partial charge in [-0.2, -0.15) is 8.75 Å². The van der Waals surface area contributed by atoms with E-state index in [0.717, 1.165) is 11.7 Å². The summed E-state index contributed by atoms with van der Waals surface area (Å²) in [5.41, 5.74) is 0.679. The summed E-state index contributed by atoms with van der Waals surface area (Å²) in [5.74, 6) is -1.91. The summed E-state index contributed by atoms with van der Waals surface area (Å²) in [6, 6.07) is 3.22. The number of carbonyl (C=O) groups excluding carboxylic acids is 1. The molecule has 0 aliphatic heterocycles. The van der Waals surface area contributed by atoms with Crippen LogP contribution in [0.2, 0.25) is 0 Å². The van der Waals surface area contributed by atoms with Gasteiger partial charge in [-0.15, -0.1) is 0 Å². The first-order chi connectivity index (χ1) is 9.33. The molecule has 1 aromatic carbocycles. The molecule has 0 aliphatic carbocycles. The molecule has 2 aromatic rings. The molecule has 20 heavy (non-hydrogen) atoms. The first kappa shape index (κ1) is 14.8. The molecule has 0 radical (unpaired) electrons. The Hall–Kier alpha value is -1.58. The van der Waals surface area contributed by atoms with Crippen LogP contribution < -0.4 is 9.83 Å². The van der Waals surface area contributed by atoms with Crippen molar-refractivity contribution in [3.8, 4) is 0 Å². The number of carbonyl (C=O) groups is 1. The molecule has 2 rings (SSSR count). The van der Waals surface area contributed by atoms with E-state index in [1.165, 1.54) is 12.1 Å². The van der Waals surface area contributed by atoms with Crippen molar-refractivity contribution in [1.82, 2.24) is 13.5 Å². The van der Waals surface area contributed by atoms with Gasteiger partial charge in [0.25, 0.3) is 0 Å². The molecule has 7 nitrogen and oxygen atoms in total. The molecule has 9 heteroatoms. The summed E-state index contributed by atoms with van der Waals surface area (Å²) >= 11 is 0.894. The third kappa shape index (κ3) is 2.79. The zero-order valence-electron chi connectivity index (χ0n) is 10.7. The number of fused-ring (bicyclic) bond motifs is 1. The fourth-order valence-corrected chi connectivity index (χ4v) is 3.78. The van der Waals surface area contributed by atoms with Gasteiger partial charge in [0, 0.05) is 0 Å². The van der Waals surface area contributed by atoms with Crippen LogP contribution in [0.1, 0.15) is 13.8 Å². The highest BCUT2D eigenvalue weighted by atomic mass is 32.2. The Morgan fingerprint density at radius 1 is 1.35 bits per heavy atom. The molecule has 0 saturated heterocycles. The van der Waals surface area contributed by atoms with Crippen LogP contribution in [0.5, 0.6) is 0 Å². The first-order valence-electron chi connectivity index (χ1n) is 5.77. The average Bonchev–Trinajstić information content (AvgIpc) is 2.83. The predicted molar refractivity (Wildman–Crippen MR) is 71.4 cm³/mol. The van der Waals surface area contributed by atoms with Crippen molar-refractivity contribution in [3.05, 3.63) is 18.2 Å². The van der Waals surface area contributed by atoms with Crippen molar-refractivity contribution < 1.29 is 18.3 Å². The van der Waals surface area contributed by atoms with Gasteiger partial charge in [-0.3, -0.25) is 0 Å². The van der Waals surface area contributed by atoms with Gasteiger partial charge in [-0.1, -0.05) is 19.9 Å². The summed E-state index contributed by atoms with van der Waals surface area (Å²) in [4.78, 5) is 10.9. The van der Waals surface area contributed by atoms with Crippen LogP contribution >= 0.6 is 11.7 Å². The van der Waals surface area contributed by atoms with E-state index in [1.54, 1.807) is 19.9 Å². The number of sulfonamides is 1. The van der Waals surface area contributed by atoms with E-state index in [1.807, 2.05) is 0 Å². The minimum atomic E-state index is -4.01. The van der Waals surface area contributed by atoms with Gasteiger partial charge < -0.3 is 9.90 Å². The second kappa shape index (κ2) is 5.43. The Kier molecular flexibility index (Phi) is 4.02. The van der Waals surface area contributed by atoms with Crippen molar-refractivity contribution >= 4 is 38.8 Å². The van der Waals surface area contributed by atoms with Crippen molar-refractivity contribution in [2.24, 2.45) is 5.92 Å². The molecule has 0 bridgehead atoms. The molecule has 0 unspecified atom stereocenters. The molecule has 1 N–H and O–H groups in total. The lowest BCUT2D eigenvalue weighted by Gasteiger charge is -2.23. The third-order valence-corrected chi connectivity index (χ3v) is 4.76. The van der Waals surface area contributed by atoms with Gasteiger partial charge in [0.1, 0.15) is 15.9 Å². The Morgan fingerprint density at radius 2 is 2.05 bits per heavy atom. The maximum Gasteiger partial charge on any atom is 0.243 e. The van der Waals surface area contributed by atoms with Gasteiger partial charge in [0.15, 0.2) is 0 Å². The SMILES string of the molecule is CC(C)[C@@H](NS(=O)(=O)c1cccc2nsnc12)C(=O)[O-]. The number of carboxylic acid groups (broad SMARTS) is 1. The fourth-order valence-electron chi connectivity index (χ4n) is 1.69. The Labute approximate surface area is 120 Å². The maximum atomic E-state index is 12.3. The molecule has 0 fully saturated rings. The minimum absolute atomic E-state index is 0.0874. The first-order valence-corrected chi connectivity index (χ1v) is 7.99. The summed E-state index contributed by atoms with van der Waals surface area (Å²) in [6.45, 7) is 3.18. The zero-order chi connectivity index (χ0) is 14.9. The number of benzene rings is 1. The zero-order valence-corrected chi connectivity index (χ0v) is 12.4. The smallest absolute Gasteiger partial charge is 0.243 e. The summed E-state index contributed by atoms with van der Waals surface area (Å²) in [5, 5.41) is 11.0. The standard InChI is InChI=1S/C11H13N3O4S2/c1-6(2)9(11(15)16)14-20(17,18)8-5-3-4-7-10(8)13-19-12-7/h3-6,9,14H,1-2H3,(H,15,16)/p-1/t9-/m1/s1. The highest BCUT2D eigenvalue weighted by Gasteiger charge is 2.25. The van der Waals surface area contributed by atoms with Crippen molar-refractivity contribution in [2.75, 3.05) is 0 Å². The van der Waals surface area contributed by atoms with Crippen LogP contribution in [-0.4, -0.2) is 29.2 Å². The summed E-state index contributed by atoms with van der Waals surface area (Å²) in [6.07, 6.45) is 0. The van der Waals surface area contributed by atoms with Gasteiger partial charge in [-0.05, 0) is 18.1 Å². The number of hydrogen-bond donors (Lipinski definition) is 1. The van der Waals surface area contributed by atoms with Crippen LogP contribution in [-0.2, 0) is 14.8 Å². The molecular weight excluding hydrogens is 302 g/mol. The van der Waals surface area contributed by atoms with E-state index in [4.69, 9.17) is 0 Å². The van der Waals surface area contributed by atoms with Crippen molar-refractivity contribution in [3.63, 3.8) is 0 Å². The van der Waals surface area contributed by atoms with Gasteiger partial charge >= 0.3 is 0 Å². The van der Waals surface area contributed by atoms with Gasteiger partial charge in [0.2, 0.25) is 10.0 Å². The van der Waals surface area contributed by atoms with E-state index < -0.39 is 28.0 Å². The van der Waals surface area contributed by atoms with E-state index in [-0.39, 0.29) is 10.4 Å². The lowest BCUT2D eigenvalue weighted by molar-refractivity contribution is -0.309. The topological polar surface area (TPSA) is 112 Å². The lowest BCUT2D eigenvalue weighted by atomic mass is 10.1. The van der Waals surface area contributed by atoms with E-state index >= 15 is 0 Å². The second-order valence-corrected chi connectivity index (χ2v) is 6.76. The normalized spacial score (nSPS) is 13.8. The Balaban J connectivity index is 2.45. The third-order valence-electron chi connectivity index (χ3n) is 2.74. The molecule has 1 heterocycles. The fraction of sp³-hybridized carbons (Fsp3) is 0.364. The lowest BCUT2D eigenvalue weighted by Crippen LogP contribution is -2.50. The maximum absolute atomic E-state index is 12.3. The van der Waals surface area contributed by atoms with Crippen molar-refractivity contribution in [2.45, 2.75) is 24.8 Å². The molecule has 0 aliphatic rings. The quantitative estimate of drug-likeness (QED) is 0.814. The van der Waals surface area contributed by atoms with Gasteiger partial charge in [-0.25, -0.2) is 13.1 Å². The number of hydrogen-bond acceptors (Lipinski definition) is 7.